The van der Waals surface area contributed by atoms with Crippen LogP contribution in [0.2, 0.25) is 0 Å². The Kier molecular flexibility index (Phi) is 9.54. The van der Waals surface area contributed by atoms with E-state index in [0.717, 1.165) is 19.4 Å². The highest BCUT2D eigenvalue weighted by molar-refractivity contribution is 7.89. The Balaban J connectivity index is 2.07. The lowest BCUT2D eigenvalue weighted by molar-refractivity contribution is -0.117. The molecule has 0 aliphatic carbocycles. The van der Waals surface area contributed by atoms with Gasteiger partial charge in [0.1, 0.15) is 5.75 Å². The van der Waals surface area contributed by atoms with Gasteiger partial charge in [0.05, 0.1) is 42.4 Å². The summed E-state index contributed by atoms with van der Waals surface area (Å²) in [4.78, 5) is 12.5. The molecule has 0 bridgehead atoms. The van der Waals surface area contributed by atoms with Crippen molar-refractivity contribution in [3.05, 3.63) is 18.2 Å². The highest BCUT2D eigenvalue weighted by Gasteiger charge is 2.23. The molecular formula is C21H34N2O6S. The summed E-state index contributed by atoms with van der Waals surface area (Å²) in [5.74, 6) is 0.158. The predicted molar refractivity (Wildman–Crippen MR) is 115 cm³/mol. The zero-order valence-electron chi connectivity index (χ0n) is 18.3. The van der Waals surface area contributed by atoms with Gasteiger partial charge in [-0.05, 0) is 44.9 Å². The van der Waals surface area contributed by atoms with E-state index in [1.54, 1.807) is 19.9 Å². The number of amides is 1. The fraction of sp³-hybridized carbons (Fsp3) is 0.667. The minimum absolute atomic E-state index is 0.112. The number of ether oxygens (including phenoxy) is 3. The lowest BCUT2D eigenvalue weighted by Crippen LogP contribution is -2.30. The summed E-state index contributed by atoms with van der Waals surface area (Å²) < 4.78 is 43.8. The molecule has 30 heavy (non-hydrogen) atoms. The second kappa shape index (κ2) is 11.6. The second-order valence-corrected chi connectivity index (χ2v) is 9.36. The fourth-order valence-corrected chi connectivity index (χ4v) is 4.69. The SMILES string of the molecule is CCN(CC)S(=O)(=O)c1ccc(OC(C)C)c(NC(=O)CCOCC2CCCO2)c1. The Morgan fingerprint density at radius 2 is 2.03 bits per heavy atom. The van der Waals surface area contributed by atoms with Gasteiger partial charge in [0.25, 0.3) is 0 Å². The van der Waals surface area contributed by atoms with Crippen molar-refractivity contribution in [1.29, 1.82) is 0 Å². The summed E-state index contributed by atoms with van der Waals surface area (Å²) >= 11 is 0. The summed E-state index contributed by atoms with van der Waals surface area (Å²) in [5, 5.41) is 2.77. The number of nitrogens with one attached hydrogen (secondary N) is 1. The number of benzene rings is 1. The van der Waals surface area contributed by atoms with Crippen molar-refractivity contribution in [2.75, 3.05) is 38.2 Å². The van der Waals surface area contributed by atoms with Crippen LogP contribution in [0.25, 0.3) is 0 Å². The lowest BCUT2D eigenvalue weighted by Gasteiger charge is -2.20. The molecule has 1 aliphatic rings. The summed E-state index contributed by atoms with van der Waals surface area (Å²) in [7, 11) is -3.65. The Morgan fingerprint density at radius 3 is 2.63 bits per heavy atom. The molecule has 1 heterocycles. The first-order valence-corrected chi connectivity index (χ1v) is 12.0. The fourth-order valence-electron chi connectivity index (χ4n) is 3.20. The molecule has 1 aromatic carbocycles. The Bertz CT molecular complexity index is 787. The van der Waals surface area contributed by atoms with Gasteiger partial charge < -0.3 is 19.5 Å². The van der Waals surface area contributed by atoms with Gasteiger partial charge in [-0.1, -0.05) is 13.8 Å². The van der Waals surface area contributed by atoms with Crippen LogP contribution >= 0.6 is 0 Å². The summed E-state index contributed by atoms with van der Waals surface area (Å²) in [6.45, 7) is 9.55. The van der Waals surface area contributed by atoms with Crippen molar-refractivity contribution < 1.29 is 27.4 Å². The smallest absolute Gasteiger partial charge is 0.243 e. The predicted octanol–water partition coefficient (Wildman–Crippen LogP) is 3.03. The van der Waals surface area contributed by atoms with Crippen molar-refractivity contribution in [1.82, 2.24) is 4.31 Å². The van der Waals surface area contributed by atoms with Gasteiger partial charge in [-0.2, -0.15) is 4.31 Å². The van der Waals surface area contributed by atoms with Crippen LogP contribution in [0, 0.1) is 0 Å². The molecule has 9 heteroatoms. The maximum absolute atomic E-state index is 12.8. The molecule has 1 saturated heterocycles. The Morgan fingerprint density at radius 1 is 1.30 bits per heavy atom. The highest BCUT2D eigenvalue weighted by Crippen LogP contribution is 2.30. The van der Waals surface area contributed by atoms with Gasteiger partial charge in [0.15, 0.2) is 0 Å². The van der Waals surface area contributed by atoms with E-state index < -0.39 is 10.0 Å². The molecule has 1 amide bonds. The number of nitrogens with zero attached hydrogens (tertiary/aromatic N) is 1. The van der Waals surface area contributed by atoms with Gasteiger partial charge in [-0.3, -0.25) is 4.79 Å². The van der Waals surface area contributed by atoms with E-state index in [1.807, 2.05) is 13.8 Å². The first kappa shape index (κ1) is 24.6. The normalized spacial score (nSPS) is 16.9. The quantitative estimate of drug-likeness (QED) is 0.500. The van der Waals surface area contributed by atoms with Crippen molar-refractivity contribution in [3.63, 3.8) is 0 Å². The Labute approximate surface area is 179 Å². The first-order valence-electron chi connectivity index (χ1n) is 10.6. The van der Waals surface area contributed by atoms with Crippen molar-refractivity contribution >= 4 is 21.6 Å². The zero-order valence-corrected chi connectivity index (χ0v) is 19.2. The molecule has 1 aliphatic heterocycles. The minimum atomic E-state index is -3.65. The number of carbonyl (C=O) groups is 1. The second-order valence-electron chi connectivity index (χ2n) is 7.42. The molecule has 1 aromatic rings. The van der Waals surface area contributed by atoms with E-state index in [2.05, 4.69) is 5.32 Å². The van der Waals surface area contributed by atoms with Crippen LogP contribution in [0.3, 0.4) is 0 Å². The number of hydrogen-bond donors (Lipinski definition) is 1. The van der Waals surface area contributed by atoms with E-state index in [4.69, 9.17) is 14.2 Å². The molecule has 170 valence electrons. The molecule has 1 atom stereocenters. The maximum atomic E-state index is 12.8. The van der Waals surface area contributed by atoms with Gasteiger partial charge in [-0.15, -0.1) is 0 Å². The molecule has 1 N–H and O–H groups in total. The number of carbonyl (C=O) groups excluding carboxylic acids is 1. The van der Waals surface area contributed by atoms with Crippen LogP contribution in [-0.4, -0.2) is 63.7 Å². The average molecular weight is 443 g/mol. The van der Waals surface area contributed by atoms with E-state index in [9.17, 15) is 13.2 Å². The molecule has 8 nitrogen and oxygen atoms in total. The first-order chi connectivity index (χ1) is 14.3. The van der Waals surface area contributed by atoms with Gasteiger partial charge >= 0.3 is 0 Å². The minimum Gasteiger partial charge on any atom is -0.489 e. The molecule has 0 radical (unpaired) electrons. The van der Waals surface area contributed by atoms with Gasteiger partial charge in [0.2, 0.25) is 15.9 Å². The van der Waals surface area contributed by atoms with Crippen LogP contribution < -0.4 is 10.1 Å². The maximum Gasteiger partial charge on any atom is 0.243 e. The highest BCUT2D eigenvalue weighted by atomic mass is 32.2. The van der Waals surface area contributed by atoms with E-state index in [-0.39, 0.29) is 36.0 Å². The third-order valence-corrected chi connectivity index (χ3v) is 6.78. The van der Waals surface area contributed by atoms with E-state index in [1.165, 1.54) is 16.4 Å². The zero-order chi connectivity index (χ0) is 22.1. The van der Waals surface area contributed by atoms with Crippen molar-refractivity contribution in [2.24, 2.45) is 0 Å². The molecule has 0 saturated carbocycles. The molecule has 2 rings (SSSR count). The molecule has 0 aromatic heterocycles. The standard InChI is InChI=1S/C21H34N2O6S/c1-5-23(6-2)30(25,26)18-9-10-20(29-16(3)4)19(14-18)22-21(24)11-13-27-15-17-8-7-12-28-17/h9-10,14,16-17H,5-8,11-13,15H2,1-4H3,(H,22,24). The van der Waals surface area contributed by atoms with Crippen molar-refractivity contribution in [2.45, 2.75) is 64.1 Å². The third-order valence-electron chi connectivity index (χ3n) is 4.73. The summed E-state index contributed by atoms with van der Waals surface area (Å²) in [6.07, 6.45) is 2.16. The number of sulfonamides is 1. The lowest BCUT2D eigenvalue weighted by atomic mass is 10.2. The number of hydrogen-bond acceptors (Lipinski definition) is 6. The van der Waals surface area contributed by atoms with Crippen molar-refractivity contribution in [3.8, 4) is 5.75 Å². The molecule has 1 fully saturated rings. The molecular weight excluding hydrogens is 408 g/mol. The van der Waals surface area contributed by atoms with Crippen LogP contribution in [0.4, 0.5) is 5.69 Å². The third kappa shape index (κ3) is 6.94. The van der Waals surface area contributed by atoms with Crippen LogP contribution in [0.1, 0.15) is 47.0 Å². The van der Waals surface area contributed by atoms with Gasteiger partial charge in [0, 0.05) is 19.7 Å². The van der Waals surface area contributed by atoms with Gasteiger partial charge in [-0.25, -0.2) is 8.42 Å². The van der Waals surface area contributed by atoms with E-state index >= 15 is 0 Å². The summed E-state index contributed by atoms with van der Waals surface area (Å²) in [6, 6.07) is 4.54. The molecule has 1 unspecified atom stereocenters. The van der Waals surface area contributed by atoms with Crippen LogP contribution in [0.15, 0.2) is 23.1 Å². The monoisotopic (exact) mass is 442 g/mol. The molecule has 0 spiro atoms. The average Bonchev–Trinajstić information content (AvgIpc) is 3.20. The Hall–Kier alpha value is -1.68. The van der Waals surface area contributed by atoms with Crippen LogP contribution in [-0.2, 0) is 24.3 Å². The van der Waals surface area contributed by atoms with E-state index in [0.29, 0.717) is 31.1 Å². The number of rotatable bonds is 12. The topological polar surface area (TPSA) is 94.2 Å². The number of anilines is 1. The summed E-state index contributed by atoms with van der Waals surface area (Å²) in [5.41, 5.74) is 0.334. The largest absolute Gasteiger partial charge is 0.489 e. The van der Waals surface area contributed by atoms with Crippen LogP contribution in [0.5, 0.6) is 5.75 Å².